The van der Waals surface area contributed by atoms with Crippen molar-refractivity contribution in [1.29, 1.82) is 0 Å². The summed E-state index contributed by atoms with van der Waals surface area (Å²) in [5, 5.41) is 3.23. The fourth-order valence-electron chi connectivity index (χ4n) is 3.32. The van der Waals surface area contributed by atoms with E-state index < -0.39 is 0 Å². The van der Waals surface area contributed by atoms with Crippen LogP contribution in [0.15, 0.2) is 54.6 Å². The topological polar surface area (TPSA) is 41.6 Å². The van der Waals surface area contributed by atoms with Gasteiger partial charge < -0.3 is 10.1 Å². The van der Waals surface area contributed by atoms with E-state index in [1.165, 1.54) is 5.56 Å². The molecule has 0 aliphatic carbocycles. The third-order valence-electron chi connectivity index (χ3n) is 5.06. The van der Waals surface area contributed by atoms with Crippen molar-refractivity contribution >= 4 is 5.91 Å². The van der Waals surface area contributed by atoms with Crippen molar-refractivity contribution in [3.8, 4) is 0 Å². The molecule has 1 aliphatic rings. The molecule has 0 radical (unpaired) electrons. The zero-order valence-electron chi connectivity index (χ0n) is 16.6. The minimum absolute atomic E-state index is 0.0300. The van der Waals surface area contributed by atoms with E-state index >= 15 is 0 Å². The Bertz CT molecular complexity index is 729. The van der Waals surface area contributed by atoms with Crippen LogP contribution >= 0.6 is 0 Å². The van der Waals surface area contributed by atoms with Gasteiger partial charge in [0.15, 0.2) is 0 Å². The smallest absolute Gasteiger partial charge is 0.251 e. The van der Waals surface area contributed by atoms with E-state index in [2.05, 4.69) is 55.3 Å². The highest BCUT2D eigenvalue weighted by Crippen LogP contribution is 2.22. The van der Waals surface area contributed by atoms with E-state index in [1.54, 1.807) is 0 Å². The molecule has 2 aromatic rings. The Morgan fingerprint density at radius 3 is 2.26 bits per heavy atom. The van der Waals surface area contributed by atoms with Crippen LogP contribution < -0.4 is 5.32 Å². The van der Waals surface area contributed by atoms with Gasteiger partial charge in [0.25, 0.3) is 5.91 Å². The van der Waals surface area contributed by atoms with Gasteiger partial charge in [-0.3, -0.25) is 9.69 Å². The highest BCUT2D eigenvalue weighted by molar-refractivity contribution is 5.94. The van der Waals surface area contributed by atoms with Gasteiger partial charge >= 0.3 is 0 Å². The Hall–Kier alpha value is -2.17. The third-order valence-corrected chi connectivity index (χ3v) is 5.06. The monoisotopic (exact) mass is 366 g/mol. The Balaban J connectivity index is 1.73. The molecule has 3 rings (SSSR count). The van der Waals surface area contributed by atoms with Crippen molar-refractivity contribution in [3.63, 3.8) is 0 Å². The number of amides is 1. The lowest BCUT2D eigenvalue weighted by molar-refractivity contribution is 0.0332. The summed E-state index contributed by atoms with van der Waals surface area (Å²) in [6, 6.07) is 18.1. The molecule has 4 nitrogen and oxygen atoms in total. The lowest BCUT2D eigenvalue weighted by Gasteiger charge is -2.31. The molecule has 4 heteroatoms. The van der Waals surface area contributed by atoms with Crippen molar-refractivity contribution in [2.75, 3.05) is 32.8 Å². The number of carbonyl (C=O) groups is 1. The second-order valence-electron chi connectivity index (χ2n) is 8.18. The first-order chi connectivity index (χ1) is 12.9. The summed E-state index contributed by atoms with van der Waals surface area (Å²) in [4.78, 5) is 15.2. The van der Waals surface area contributed by atoms with E-state index in [9.17, 15) is 4.79 Å². The quantitative estimate of drug-likeness (QED) is 0.875. The number of hydrogen-bond donors (Lipinski definition) is 1. The van der Waals surface area contributed by atoms with Crippen LogP contribution in [0.2, 0.25) is 0 Å². The van der Waals surface area contributed by atoms with Crippen LogP contribution in [-0.4, -0.2) is 43.7 Å². The third kappa shape index (κ3) is 5.41. The number of hydrogen-bond acceptors (Lipinski definition) is 3. The normalized spacial score (nSPS) is 16.7. The zero-order valence-corrected chi connectivity index (χ0v) is 16.6. The average molecular weight is 367 g/mol. The van der Waals surface area contributed by atoms with Gasteiger partial charge in [0.1, 0.15) is 0 Å². The molecule has 1 heterocycles. The molecule has 1 saturated heterocycles. The van der Waals surface area contributed by atoms with Crippen LogP contribution in [0, 0.1) is 0 Å². The van der Waals surface area contributed by atoms with Gasteiger partial charge in [-0.15, -0.1) is 0 Å². The summed E-state index contributed by atoms with van der Waals surface area (Å²) in [5.41, 5.74) is 3.14. The Morgan fingerprint density at radius 2 is 1.67 bits per heavy atom. The number of nitrogens with zero attached hydrogens (tertiary/aromatic N) is 1. The molecule has 2 aromatic carbocycles. The molecule has 1 aliphatic heterocycles. The van der Waals surface area contributed by atoms with Crippen LogP contribution in [0.5, 0.6) is 0 Å². The van der Waals surface area contributed by atoms with Crippen LogP contribution in [0.4, 0.5) is 0 Å². The lowest BCUT2D eigenvalue weighted by atomic mass is 9.86. The van der Waals surface area contributed by atoms with Crippen LogP contribution in [0.1, 0.15) is 48.3 Å². The molecule has 0 unspecified atom stereocenters. The predicted octanol–water partition coefficient (Wildman–Crippen LogP) is 3.79. The Labute approximate surface area is 162 Å². The van der Waals surface area contributed by atoms with E-state index in [4.69, 9.17) is 4.74 Å². The minimum Gasteiger partial charge on any atom is -0.379 e. The van der Waals surface area contributed by atoms with Crippen LogP contribution in [0.3, 0.4) is 0 Å². The Kier molecular flexibility index (Phi) is 6.30. The fourth-order valence-corrected chi connectivity index (χ4v) is 3.32. The number of morpholine rings is 1. The molecule has 1 N–H and O–H groups in total. The molecule has 1 fully saturated rings. The minimum atomic E-state index is -0.0425. The van der Waals surface area contributed by atoms with E-state index in [0.29, 0.717) is 5.56 Å². The average Bonchev–Trinajstić information content (AvgIpc) is 2.68. The highest BCUT2D eigenvalue weighted by atomic mass is 16.5. The summed E-state index contributed by atoms with van der Waals surface area (Å²) in [7, 11) is 0. The van der Waals surface area contributed by atoms with Crippen molar-refractivity contribution in [2.45, 2.75) is 32.2 Å². The van der Waals surface area contributed by atoms with Crippen molar-refractivity contribution < 1.29 is 9.53 Å². The maximum absolute atomic E-state index is 12.9. The number of nitrogens with one attached hydrogen (secondary N) is 1. The predicted molar refractivity (Wildman–Crippen MR) is 109 cm³/mol. The maximum atomic E-state index is 12.9. The van der Waals surface area contributed by atoms with Gasteiger partial charge in [0.05, 0.1) is 19.3 Å². The zero-order chi connectivity index (χ0) is 19.3. The SMILES string of the molecule is CC(C)(C)c1ccc(C(=O)N[C@H](CN2CCOCC2)c2ccccc2)cc1. The number of benzene rings is 2. The standard InChI is InChI=1S/C23H30N2O2/c1-23(2,3)20-11-9-19(10-12-20)22(26)24-21(18-7-5-4-6-8-18)17-25-13-15-27-16-14-25/h4-12,21H,13-17H2,1-3H3,(H,24,26)/t21-/m1/s1. The molecule has 0 bridgehead atoms. The number of ether oxygens (including phenoxy) is 1. The molecule has 27 heavy (non-hydrogen) atoms. The molecule has 144 valence electrons. The van der Waals surface area contributed by atoms with E-state index in [-0.39, 0.29) is 17.4 Å². The Morgan fingerprint density at radius 1 is 1.04 bits per heavy atom. The van der Waals surface area contributed by atoms with Crippen molar-refractivity contribution in [3.05, 3.63) is 71.3 Å². The summed E-state index contributed by atoms with van der Waals surface area (Å²) < 4.78 is 5.45. The first-order valence-corrected chi connectivity index (χ1v) is 9.70. The van der Waals surface area contributed by atoms with E-state index in [0.717, 1.165) is 38.4 Å². The largest absolute Gasteiger partial charge is 0.379 e. The summed E-state index contributed by atoms with van der Waals surface area (Å²) in [6.07, 6.45) is 0. The molecule has 0 spiro atoms. The van der Waals surface area contributed by atoms with Gasteiger partial charge in [-0.05, 0) is 28.7 Å². The van der Waals surface area contributed by atoms with Gasteiger partial charge in [0.2, 0.25) is 0 Å². The molecular formula is C23H30N2O2. The van der Waals surface area contributed by atoms with Crippen molar-refractivity contribution in [2.24, 2.45) is 0 Å². The summed E-state index contributed by atoms with van der Waals surface area (Å²) in [6.45, 7) is 10.6. The first kappa shape index (κ1) is 19.6. The van der Waals surface area contributed by atoms with Gasteiger partial charge in [-0.1, -0.05) is 63.2 Å². The molecule has 0 aromatic heterocycles. The molecule has 0 saturated carbocycles. The molecule has 1 amide bonds. The fraction of sp³-hybridized carbons (Fsp3) is 0.435. The van der Waals surface area contributed by atoms with Crippen molar-refractivity contribution in [1.82, 2.24) is 10.2 Å². The van der Waals surface area contributed by atoms with Gasteiger partial charge in [-0.25, -0.2) is 0 Å². The lowest BCUT2D eigenvalue weighted by Crippen LogP contribution is -2.43. The van der Waals surface area contributed by atoms with Crippen LogP contribution in [-0.2, 0) is 10.2 Å². The van der Waals surface area contributed by atoms with Gasteiger partial charge in [-0.2, -0.15) is 0 Å². The van der Waals surface area contributed by atoms with E-state index in [1.807, 2.05) is 30.3 Å². The van der Waals surface area contributed by atoms with Crippen LogP contribution in [0.25, 0.3) is 0 Å². The summed E-state index contributed by atoms with van der Waals surface area (Å²) >= 11 is 0. The first-order valence-electron chi connectivity index (χ1n) is 9.70. The second kappa shape index (κ2) is 8.68. The number of carbonyl (C=O) groups excluding carboxylic acids is 1. The number of rotatable bonds is 5. The van der Waals surface area contributed by atoms with Gasteiger partial charge in [0, 0.05) is 25.2 Å². The highest BCUT2D eigenvalue weighted by Gasteiger charge is 2.21. The summed E-state index contributed by atoms with van der Waals surface area (Å²) in [5.74, 6) is -0.0300. The second-order valence-corrected chi connectivity index (χ2v) is 8.18. The molecular weight excluding hydrogens is 336 g/mol. The molecule has 1 atom stereocenters. The maximum Gasteiger partial charge on any atom is 0.251 e.